The van der Waals surface area contributed by atoms with Crippen LogP contribution in [0, 0.1) is 6.92 Å². The van der Waals surface area contributed by atoms with Gasteiger partial charge in [0.25, 0.3) is 0 Å². The zero-order valence-corrected chi connectivity index (χ0v) is 11.2. The third-order valence-electron chi connectivity index (χ3n) is 2.43. The second-order valence-electron chi connectivity index (χ2n) is 3.88. The molecule has 0 spiro atoms. The van der Waals surface area contributed by atoms with Gasteiger partial charge in [0.2, 0.25) is 5.91 Å². The number of nitrogens with one attached hydrogen (secondary N) is 1. The van der Waals surface area contributed by atoms with Gasteiger partial charge in [0.05, 0.1) is 0 Å². The highest BCUT2D eigenvalue weighted by Crippen LogP contribution is 2.20. The Morgan fingerprint density at radius 1 is 1.56 bits per heavy atom. The number of benzene rings is 1. The molecule has 1 atom stereocenters. The van der Waals surface area contributed by atoms with Crippen molar-refractivity contribution in [3.63, 3.8) is 0 Å². The van der Waals surface area contributed by atoms with E-state index in [0.717, 1.165) is 22.1 Å². The number of rotatable bonds is 4. The number of aryl methyl sites for hydroxylation is 1. The van der Waals surface area contributed by atoms with Crippen LogP contribution >= 0.6 is 15.9 Å². The Morgan fingerprint density at radius 2 is 2.25 bits per heavy atom. The third-order valence-corrected chi connectivity index (χ3v) is 3.28. The average molecular weight is 285 g/mol. The molecular formula is C12H17BrN2O. The normalized spacial score (nSPS) is 12.2. The molecule has 0 radical (unpaired) electrons. The van der Waals surface area contributed by atoms with Crippen molar-refractivity contribution in [2.24, 2.45) is 5.73 Å². The van der Waals surface area contributed by atoms with Gasteiger partial charge in [-0.2, -0.15) is 0 Å². The summed E-state index contributed by atoms with van der Waals surface area (Å²) in [7, 11) is 0. The minimum absolute atomic E-state index is 0.0369. The Morgan fingerprint density at radius 3 is 2.81 bits per heavy atom. The maximum absolute atomic E-state index is 11.6. The van der Waals surface area contributed by atoms with E-state index in [0.29, 0.717) is 6.42 Å². The first kappa shape index (κ1) is 13.2. The molecule has 0 saturated heterocycles. The van der Waals surface area contributed by atoms with Crippen molar-refractivity contribution in [1.82, 2.24) is 0 Å². The minimum Gasteiger partial charge on any atom is -0.327 e. The molecule has 0 aromatic heterocycles. The number of hydrogen-bond acceptors (Lipinski definition) is 2. The van der Waals surface area contributed by atoms with Crippen LogP contribution in [0.3, 0.4) is 0 Å². The summed E-state index contributed by atoms with van der Waals surface area (Å²) >= 11 is 3.42. The summed E-state index contributed by atoms with van der Waals surface area (Å²) in [5.41, 5.74) is 7.65. The van der Waals surface area contributed by atoms with Crippen LogP contribution < -0.4 is 11.1 Å². The van der Waals surface area contributed by atoms with Gasteiger partial charge in [-0.3, -0.25) is 4.79 Å². The molecule has 4 heteroatoms. The van der Waals surface area contributed by atoms with E-state index in [2.05, 4.69) is 21.2 Å². The smallest absolute Gasteiger partial charge is 0.225 e. The molecular weight excluding hydrogens is 268 g/mol. The summed E-state index contributed by atoms with van der Waals surface area (Å²) in [6.07, 6.45) is 1.17. The minimum atomic E-state index is -0.0612. The quantitative estimate of drug-likeness (QED) is 0.893. The lowest BCUT2D eigenvalue weighted by Crippen LogP contribution is -2.26. The highest BCUT2D eigenvalue weighted by molar-refractivity contribution is 9.10. The number of hydrogen-bond donors (Lipinski definition) is 2. The first-order chi connectivity index (χ1) is 7.52. The number of nitrogens with two attached hydrogens (primary N) is 1. The Hall–Kier alpha value is -0.870. The van der Waals surface area contributed by atoms with Crippen molar-refractivity contribution in [1.29, 1.82) is 0 Å². The maximum atomic E-state index is 11.6. The summed E-state index contributed by atoms with van der Waals surface area (Å²) in [6.45, 7) is 3.98. The van der Waals surface area contributed by atoms with Crippen molar-refractivity contribution in [2.75, 3.05) is 5.32 Å². The SMILES string of the molecule is CCC(N)CC(=O)Nc1ccc(C)c(Br)c1. The predicted octanol–water partition coefficient (Wildman–Crippen LogP) is 2.82. The van der Waals surface area contributed by atoms with E-state index in [1.807, 2.05) is 32.0 Å². The fraction of sp³-hybridized carbons (Fsp3) is 0.417. The molecule has 0 aliphatic carbocycles. The number of carbonyl (C=O) groups excluding carboxylic acids is 1. The van der Waals surface area contributed by atoms with Gasteiger partial charge in [-0.1, -0.05) is 28.9 Å². The number of anilines is 1. The van der Waals surface area contributed by atoms with E-state index in [4.69, 9.17) is 5.73 Å². The molecule has 3 nitrogen and oxygen atoms in total. The molecule has 0 saturated carbocycles. The standard InChI is InChI=1S/C12H17BrN2O/c1-3-9(14)6-12(16)15-10-5-4-8(2)11(13)7-10/h4-5,7,9H,3,6,14H2,1-2H3,(H,15,16). The molecule has 0 heterocycles. The predicted molar refractivity (Wildman–Crippen MR) is 70.4 cm³/mol. The second kappa shape index (κ2) is 6.01. The van der Waals surface area contributed by atoms with Gasteiger partial charge in [-0.15, -0.1) is 0 Å². The fourth-order valence-electron chi connectivity index (χ4n) is 1.27. The van der Waals surface area contributed by atoms with E-state index in [-0.39, 0.29) is 11.9 Å². The lowest BCUT2D eigenvalue weighted by atomic mass is 10.1. The zero-order valence-electron chi connectivity index (χ0n) is 9.59. The van der Waals surface area contributed by atoms with Gasteiger partial charge in [0.1, 0.15) is 0 Å². The second-order valence-corrected chi connectivity index (χ2v) is 4.74. The van der Waals surface area contributed by atoms with Crippen LogP contribution in [-0.4, -0.2) is 11.9 Å². The van der Waals surface area contributed by atoms with E-state index in [9.17, 15) is 4.79 Å². The summed E-state index contributed by atoms with van der Waals surface area (Å²) in [4.78, 5) is 11.6. The van der Waals surface area contributed by atoms with Crippen LogP contribution in [0.4, 0.5) is 5.69 Å². The average Bonchev–Trinajstić information content (AvgIpc) is 2.23. The zero-order chi connectivity index (χ0) is 12.1. The van der Waals surface area contributed by atoms with Crippen molar-refractivity contribution >= 4 is 27.5 Å². The van der Waals surface area contributed by atoms with Crippen LogP contribution in [-0.2, 0) is 4.79 Å². The van der Waals surface area contributed by atoms with Gasteiger partial charge >= 0.3 is 0 Å². The van der Waals surface area contributed by atoms with Crippen molar-refractivity contribution < 1.29 is 4.79 Å². The lowest BCUT2D eigenvalue weighted by Gasteiger charge is -2.10. The first-order valence-electron chi connectivity index (χ1n) is 5.34. The molecule has 1 rings (SSSR count). The number of carbonyl (C=O) groups is 1. The summed E-state index contributed by atoms with van der Waals surface area (Å²) in [5, 5.41) is 2.83. The van der Waals surface area contributed by atoms with Crippen molar-refractivity contribution in [3.05, 3.63) is 28.2 Å². The number of amides is 1. The van der Waals surface area contributed by atoms with Crippen LogP contribution in [0.2, 0.25) is 0 Å². The largest absolute Gasteiger partial charge is 0.327 e. The molecule has 16 heavy (non-hydrogen) atoms. The van der Waals surface area contributed by atoms with E-state index in [1.54, 1.807) is 0 Å². The first-order valence-corrected chi connectivity index (χ1v) is 6.13. The van der Waals surface area contributed by atoms with Crippen molar-refractivity contribution in [3.8, 4) is 0 Å². The Bertz CT molecular complexity index is 379. The van der Waals surface area contributed by atoms with Gasteiger partial charge in [0.15, 0.2) is 0 Å². The van der Waals surface area contributed by atoms with Crippen LogP contribution in [0.5, 0.6) is 0 Å². The van der Waals surface area contributed by atoms with Crippen LogP contribution in [0.25, 0.3) is 0 Å². The van der Waals surface area contributed by atoms with Gasteiger partial charge < -0.3 is 11.1 Å². The molecule has 0 aliphatic heterocycles. The molecule has 88 valence electrons. The van der Waals surface area contributed by atoms with E-state index < -0.39 is 0 Å². The van der Waals surface area contributed by atoms with Gasteiger partial charge in [-0.05, 0) is 31.0 Å². The van der Waals surface area contributed by atoms with E-state index in [1.165, 1.54) is 0 Å². The molecule has 0 bridgehead atoms. The summed E-state index contributed by atoms with van der Waals surface area (Å²) < 4.78 is 0.991. The van der Waals surface area contributed by atoms with Crippen LogP contribution in [0.15, 0.2) is 22.7 Å². The molecule has 1 aromatic rings. The van der Waals surface area contributed by atoms with Gasteiger partial charge in [-0.25, -0.2) is 0 Å². The summed E-state index contributed by atoms with van der Waals surface area (Å²) in [6, 6.07) is 5.67. The molecule has 0 fully saturated rings. The Labute approximate surface area is 105 Å². The Kier molecular flexibility index (Phi) is 4.96. The summed E-state index contributed by atoms with van der Waals surface area (Å²) in [5.74, 6) is -0.0369. The molecule has 0 aliphatic rings. The highest BCUT2D eigenvalue weighted by Gasteiger charge is 2.08. The molecule has 1 aromatic carbocycles. The third kappa shape index (κ3) is 3.94. The Balaban J connectivity index is 2.59. The maximum Gasteiger partial charge on any atom is 0.225 e. The van der Waals surface area contributed by atoms with Crippen molar-refractivity contribution in [2.45, 2.75) is 32.7 Å². The van der Waals surface area contributed by atoms with Crippen LogP contribution in [0.1, 0.15) is 25.3 Å². The molecule has 1 amide bonds. The molecule has 3 N–H and O–H groups in total. The molecule has 1 unspecified atom stereocenters. The topological polar surface area (TPSA) is 55.1 Å². The van der Waals surface area contributed by atoms with E-state index >= 15 is 0 Å². The highest BCUT2D eigenvalue weighted by atomic mass is 79.9. The monoisotopic (exact) mass is 284 g/mol. The fourth-order valence-corrected chi connectivity index (χ4v) is 1.64. The van der Waals surface area contributed by atoms with Gasteiger partial charge in [0, 0.05) is 22.6 Å². The lowest BCUT2D eigenvalue weighted by molar-refractivity contribution is -0.116. The number of halogens is 1.